The van der Waals surface area contributed by atoms with Crippen molar-refractivity contribution in [1.29, 1.82) is 0 Å². The molecule has 194 valence electrons. The third-order valence-electron chi connectivity index (χ3n) is 6.66. The summed E-state index contributed by atoms with van der Waals surface area (Å²) in [6.45, 7) is 5.80. The SMILES string of the molecule is C[C@H]1CCCN(CCCNC(=O)[C@@H](Cc2ccccc2)NS(=O)(=O)c2ccc3c(c2)oc(=O)n3C)C1. The first-order valence-corrected chi connectivity index (χ1v) is 13.9. The summed E-state index contributed by atoms with van der Waals surface area (Å²) in [7, 11) is -2.52. The quantitative estimate of drug-likeness (QED) is 0.401. The number of aromatic nitrogens is 1. The van der Waals surface area contributed by atoms with E-state index in [9.17, 15) is 18.0 Å². The molecular weight excluding hydrogens is 480 g/mol. The van der Waals surface area contributed by atoms with Gasteiger partial charge in [-0.2, -0.15) is 4.72 Å². The molecule has 36 heavy (non-hydrogen) atoms. The lowest BCUT2D eigenvalue weighted by Gasteiger charge is -2.30. The molecule has 1 amide bonds. The van der Waals surface area contributed by atoms with Crippen LogP contribution >= 0.6 is 0 Å². The van der Waals surface area contributed by atoms with E-state index in [2.05, 4.69) is 21.9 Å². The number of aryl methyl sites for hydroxylation is 1. The van der Waals surface area contributed by atoms with Crippen molar-refractivity contribution in [3.8, 4) is 0 Å². The van der Waals surface area contributed by atoms with Crippen LogP contribution in [-0.4, -0.2) is 56.0 Å². The van der Waals surface area contributed by atoms with E-state index in [0.29, 0.717) is 18.0 Å². The lowest BCUT2D eigenvalue weighted by Crippen LogP contribution is -2.48. The number of piperidine rings is 1. The molecule has 0 spiro atoms. The lowest BCUT2D eigenvalue weighted by molar-refractivity contribution is -0.122. The zero-order valence-electron chi connectivity index (χ0n) is 20.8. The van der Waals surface area contributed by atoms with Crippen molar-refractivity contribution in [3.05, 3.63) is 64.6 Å². The van der Waals surface area contributed by atoms with Gasteiger partial charge in [0.15, 0.2) is 5.58 Å². The number of likely N-dealkylation sites (tertiary alicyclic amines) is 1. The predicted octanol–water partition coefficient (Wildman–Crippen LogP) is 2.26. The standard InChI is InChI=1S/C26H34N4O5S/c1-19-8-6-14-30(18-19)15-7-13-27-25(31)22(16-20-9-4-3-5-10-20)28-36(33,34)21-11-12-23-24(17-21)35-26(32)29(23)2/h3-5,9-12,17,19,22,28H,6-8,13-16,18H2,1-2H3,(H,27,31)/t19-,22+/m0/s1. The number of rotatable bonds is 10. The third-order valence-corrected chi connectivity index (χ3v) is 8.13. The van der Waals surface area contributed by atoms with Crippen LogP contribution in [0.25, 0.3) is 11.1 Å². The van der Waals surface area contributed by atoms with Gasteiger partial charge in [0, 0.05) is 26.2 Å². The molecule has 1 saturated heterocycles. The average Bonchev–Trinajstić information content (AvgIpc) is 3.14. The van der Waals surface area contributed by atoms with E-state index in [1.807, 2.05) is 30.3 Å². The van der Waals surface area contributed by atoms with Gasteiger partial charge in [-0.05, 0) is 62.4 Å². The Morgan fingerprint density at radius 1 is 1.19 bits per heavy atom. The molecule has 1 aromatic heterocycles. The van der Waals surface area contributed by atoms with Crippen molar-refractivity contribution >= 4 is 27.0 Å². The Hall–Kier alpha value is -2.95. The maximum Gasteiger partial charge on any atom is 0.419 e. The number of sulfonamides is 1. The van der Waals surface area contributed by atoms with Crippen LogP contribution in [0.2, 0.25) is 0 Å². The number of carbonyl (C=O) groups is 1. The zero-order chi connectivity index (χ0) is 25.7. The Labute approximate surface area is 211 Å². The molecule has 1 fully saturated rings. The molecule has 1 aliphatic heterocycles. The highest BCUT2D eigenvalue weighted by Crippen LogP contribution is 2.19. The minimum atomic E-state index is -4.06. The number of amides is 1. The molecule has 0 bridgehead atoms. The number of hydrogen-bond donors (Lipinski definition) is 2. The molecule has 2 aromatic carbocycles. The van der Waals surface area contributed by atoms with Crippen molar-refractivity contribution in [1.82, 2.24) is 19.5 Å². The van der Waals surface area contributed by atoms with Crippen molar-refractivity contribution in [2.75, 3.05) is 26.2 Å². The fraction of sp³-hybridized carbons (Fsp3) is 0.462. The third kappa shape index (κ3) is 6.43. The highest BCUT2D eigenvalue weighted by Gasteiger charge is 2.27. The summed E-state index contributed by atoms with van der Waals surface area (Å²) in [5.74, 6) is -0.254. The van der Waals surface area contributed by atoms with E-state index in [4.69, 9.17) is 4.42 Å². The maximum absolute atomic E-state index is 13.2. The van der Waals surface area contributed by atoms with Crippen molar-refractivity contribution in [2.24, 2.45) is 13.0 Å². The number of hydrogen-bond acceptors (Lipinski definition) is 6. The highest BCUT2D eigenvalue weighted by atomic mass is 32.2. The Morgan fingerprint density at radius 3 is 2.72 bits per heavy atom. The topological polar surface area (TPSA) is 114 Å². The number of oxazole rings is 1. The molecule has 4 rings (SSSR count). The van der Waals surface area contributed by atoms with Crippen molar-refractivity contribution in [3.63, 3.8) is 0 Å². The summed E-state index contributed by atoms with van der Waals surface area (Å²) >= 11 is 0. The molecule has 0 radical (unpaired) electrons. The van der Waals surface area contributed by atoms with E-state index >= 15 is 0 Å². The molecule has 2 N–H and O–H groups in total. The number of carbonyl (C=O) groups excluding carboxylic acids is 1. The first-order valence-electron chi connectivity index (χ1n) is 12.4. The van der Waals surface area contributed by atoms with Gasteiger partial charge in [-0.25, -0.2) is 13.2 Å². The monoisotopic (exact) mass is 514 g/mol. The van der Waals surface area contributed by atoms with E-state index in [0.717, 1.165) is 31.6 Å². The first kappa shape index (κ1) is 26.1. The van der Waals surface area contributed by atoms with Gasteiger partial charge in [0.1, 0.15) is 6.04 Å². The summed E-state index contributed by atoms with van der Waals surface area (Å²) in [6.07, 6.45) is 3.47. The van der Waals surface area contributed by atoms with Crippen LogP contribution in [-0.2, 0) is 28.3 Å². The van der Waals surface area contributed by atoms with Gasteiger partial charge < -0.3 is 14.6 Å². The summed E-state index contributed by atoms with van der Waals surface area (Å²) in [5, 5.41) is 2.91. The molecule has 0 saturated carbocycles. The van der Waals surface area contributed by atoms with Gasteiger partial charge in [0.05, 0.1) is 10.4 Å². The van der Waals surface area contributed by atoms with Crippen LogP contribution in [0, 0.1) is 5.92 Å². The fourth-order valence-corrected chi connectivity index (χ4v) is 5.91. The summed E-state index contributed by atoms with van der Waals surface area (Å²) < 4.78 is 35.4. The Bertz CT molecular complexity index is 1350. The number of fused-ring (bicyclic) bond motifs is 1. The second kappa shape index (κ2) is 11.4. The summed E-state index contributed by atoms with van der Waals surface area (Å²) in [6, 6.07) is 12.5. The van der Waals surface area contributed by atoms with Crippen molar-refractivity contribution < 1.29 is 17.6 Å². The molecule has 10 heteroatoms. The summed E-state index contributed by atoms with van der Waals surface area (Å²) in [4.78, 5) is 27.2. The lowest BCUT2D eigenvalue weighted by atomic mass is 10.0. The van der Waals surface area contributed by atoms with Crippen LogP contribution < -0.4 is 15.8 Å². The molecule has 9 nitrogen and oxygen atoms in total. The second-order valence-corrected chi connectivity index (χ2v) is 11.3. The Morgan fingerprint density at radius 2 is 1.97 bits per heavy atom. The van der Waals surface area contributed by atoms with E-state index in [1.165, 1.54) is 35.6 Å². The van der Waals surface area contributed by atoms with Gasteiger partial charge in [0.2, 0.25) is 15.9 Å². The zero-order valence-corrected chi connectivity index (χ0v) is 21.6. The Kier molecular flexibility index (Phi) is 8.28. The Balaban J connectivity index is 1.44. The average molecular weight is 515 g/mol. The molecular formula is C26H34N4O5S. The van der Waals surface area contributed by atoms with Gasteiger partial charge in [-0.3, -0.25) is 9.36 Å². The molecule has 0 unspecified atom stereocenters. The number of benzene rings is 2. The summed E-state index contributed by atoms with van der Waals surface area (Å²) in [5.41, 5.74) is 1.49. The van der Waals surface area contributed by atoms with E-state index < -0.39 is 21.8 Å². The molecule has 2 atom stereocenters. The molecule has 2 heterocycles. The normalized spacial score (nSPS) is 17.8. The highest BCUT2D eigenvalue weighted by molar-refractivity contribution is 7.89. The molecule has 1 aliphatic rings. The van der Waals surface area contributed by atoms with Crippen LogP contribution in [0.5, 0.6) is 0 Å². The van der Waals surface area contributed by atoms with E-state index in [1.54, 1.807) is 7.05 Å². The van der Waals surface area contributed by atoms with E-state index in [-0.39, 0.29) is 22.8 Å². The predicted molar refractivity (Wildman–Crippen MR) is 138 cm³/mol. The fourth-order valence-electron chi connectivity index (χ4n) is 4.70. The van der Waals surface area contributed by atoms with Gasteiger partial charge >= 0.3 is 5.76 Å². The second-order valence-electron chi connectivity index (χ2n) is 9.61. The van der Waals surface area contributed by atoms with Crippen LogP contribution in [0.1, 0.15) is 31.7 Å². The molecule has 0 aliphatic carbocycles. The van der Waals surface area contributed by atoms with Crippen LogP contribution in [0.4, 0.5) is 0 Å². The molecule has 3 aromatic rings. The van der Waals surface area contributed by atoms with Gasteiger partial charge in [0.25, 0.3) is 0 Å². The maximum atomic E-state index is 13.2. The van der Waals surface area contributed by atoms with Gasteiger partial charge in [-0.15, -0.1) is 0 Å². The van der Waals surface area contributed by atoms with Gasteiger partial charge in [-0.1, -0.05) is 37.3 Å². The number of nitrogens with one attached hydrogen (secondary N) is 2. The number of nitrogens with zero attached hydrogens (tertiary/aromatic N) is 2. The minimum absolute atomic E-state index is 0.0746. The smallest absolute Gasteiger partial charge is 0.408 e. The van der Waals surface area contributed by atoms with Crippen LogP contribution in [0.3, 0.4) is 0 Å². The van der Waals surface area contributed by atoms with Crippen molar-refractivity contribution in [2.45, 2.75) is 43.5 Å². The largest absolute Gasteiger partial charge is 0.419 e. The van der Waals surface area contributed by atoms with Crippen LogP contribution in [0.15, 0.2) is 62.6 Å². The first-order chi connectivity index (χ1) is 17.2. The minimum Gasteiger partial charge on any atom is -0.408 e.